The van der Waals surface area contributed by atoms with Gasteiger partial charge >= 0.3 is 0 Å². The Kier molecular flexibility index (Phi) is 7.56. The van der Waals surface area contributed by atoms with Crippen molar-refractivity contribution in [3.8, 4) is 5.75 Å². The van der Waals surface area contributed by atoms with Crippen LogP contribution in [0.15, 0.2) is 47.4 Å². The lowest BCUT2D eigenvalue weighted by molar-refractivity contribution is -0.126. The molecule has 8 heteroatoms. The number of sulfonamides is 1. The molecule has 0 bridgehead atoms. The number of carbonyl (C=O) groups excluding carboxylic acids is 1. The monoisotopic (exact) mass is 462 g/mol. The summed E-state index contributed by atoms with van der Waals surface area (Å²) < 4.78 is 46.5. The SMILES string of the molecule is COc1ccc(C(C)C)cc1S(=O)(=O)N1CCC(C(=O)N[C@@H](C)c2ccc(F)cc2)CC1. The number of piperidine rings is 1. The lowest BCUT2D eigenvalue weighted by Crippen LogP contribution is -2.43. The Labute approximate surface area is 189 Å². The van der Waals surface area contributed by atoms with Gasteiger partial charge in [-0.25, -0.2) is 12.8 Å². The van der Waals surface area contributed by atoms with Crippen molar-refractivity contribution >= 4 is 15.9 Å². The van der Waals surface area contributed by atoms with Crippen LogP contribution in [0, 0.1) is 11.7 Å². The molecule has 0 unspecified atom stereocenters. The van der Waals surface area contributed by atoms with E-state index < -0.39 is 10.0 Å². The first-order valence-electron chi connectivity index (χ1n) is 10.9. The van der Waals surface area contributed by atoms with E-state index in [1.165, 1.54) is 23.5 Å². The van der Waals surface area contributed by atoms with Crippen LogP contribution in [0.3, 0.4) is 0 Å². The lowest BCUT2D eigenvalue weighted by Gasteiger charge is -2.31. The minimum Gasteiger partial charge on any atom is -0.495 e. The van der Waals surface area contributed by atoms with Gasteiger partial charge in [0.25, 0.3) is 0 Å². The lowest BCUT2D eigenvalue weighted by atomic mass is 9.96. The Morgan fingerprint density at radius 1 is 1.06 bits per heavy atom. The largest absolute Gasteiger partial charge is 0.495 e. The highest BCUT2D eigenvalue weighted by Crippen LogP contribution is 2.32. The van der Waals surface area contributed by atoms with Gasteiger partial charge < -0.3 is 10.1 Å². The maximum absolute atomic E-state index is 13.3. The van der Waals surface area contributed by atoms with Crippen molar-refractivity contribution in [1.29, 1.82) is 0 Å². The highest BCUT2D eigenvalue weighted by molar-refractivity contribution is 7.89. The summed E-state index contributed by atoms with van der Waals surface area (Å²) in [6, 6.07) is 11.0. The summed E-state index contributed by atoms with van der Waals surface area (Å²) in [6.07, 6.45) is 0.876. The quantitative estimate of drug-likeness (QED) is 0.668. The molecule has 0 spiro atoms. The molecule has 32 heavy (non-hydrogen) atoms. The van der Waals surface area contributed by atoms with Crippen molar-refractivity contribution in [3.63, 3.8) is 0 Å². The van der Waals surface area contributed by atoms with Crippen molar-refractivity contribution in [2.45, 2.75) is 50.5 Å². The van der Waals surface area contributed by atoms with Gasteiger partial charge in [-0.05, 0) is 61.1 Å². The van der Waals surface area contributed by atoms with E-state index in [2.05, 4.69) is 5.32 Å². The summed E-state index contributed by atoms with van der Waals surface area (Å²) in [6.45, 7) is 6.39. The number of carbonyl (C=O) groups is 1. The topological polar surface area (TPSA) is 75.7 Å². The van der Waals surface area contributed by atoms with Gasteiger partial charge in [0, 0.05) is 19.0 Å². The highest BCUT2D eigenvalue weighted by Gasteiger charge is 2.34. The van der Waals surface area contributed by atoms with Gasteiger partial charge in [-0.15, -0.1) is 0 Å². The number of benzene rings is 2. The minimum atomic E-state index is -3.74. The molecule has 1 aliphatic rings. The second-order valence-corrected chi connectivity index (χ2v) is 10.4. The first-order chi connectivity index (χ1) is 15.1. The zero-order valence-electron chi connectivity index (χ0n) is 19.0. The maximum atomic E-state index is 13.3. The highest BCUT2D eigenvalue weighted by atomic mass is 32.2. The molecule has 1 atom stereocenters. The van der Waals surface area contributed by atoms with Crippen LogP contribution in [-0.4, -0.2) is 38.8 Å². The molecule has 0 aromatic heterocycles. The van der Waals surface area contributed by atoms with E-state index in [9.17, 15) is 17.6 Å². The van der Waals surface area contributed by atoms with E-state index in [-0.39, 0.29) is 47.6 Å². The predicted molar refractivity (Wildman–Crippen MR) is 122 cm³/mol. The van der Waals surface area contributed by atoms with Gasteiger partial charge in [-0.1, -0.05) is 32.0 Å². The molecule has 0 radical (unpaired) electrons. The maximum Gasteiger partial charge on any atom is 0.246 e. The van der Waals surface area contributed by atoms with Crippen LogP contribution >= 0.6 is 0 Å². The van der Waals surface area contributed by atoms with Gasteiger partial charge in [-0.2, -0.15) is 4.31 Å². The van der Waals surface area contributed by atoms with E-state index in [1.54, 1.807) is 24.3 Å². The molecule has 6 nitrogen and oxygen atoms in total. The van der Waals surface area contributed by atoms with Gasteiger partial charge in [0.1, 0.15) is 16.5 Å². The standard InChI is InChI=1S/C24H31FN2O4S/c1-16(2)20-7-10-22(31-4)23(15-20)32(29,30)27-13-11-19(12-14-27)24(28)26-17(3)18-5-8-21(25)9-6-18/h5-10,15-17,19H,11-14H2,1-4H3,(H,26,28)/t17-/m0/s1. The number of nitrogens with zero attached hydrogens (tertiary/aromatic N) is 1. The van der Waals surface area contributed by atoms with Gasteiger partial charge in [0.05, 0.1) is 13.2 Å². The summed E-state index contributed by atoms with van der Waals surface area (Å²) in [5.74, 6) is -0.197. The van der Waals surface area contributed by atoms with Crippen molar-refractivity contribution in [1.82, 2.24) is 9.62 Å². The summed E-state index contributed by atoms with van der Waals surface area (Å²) in [7, 11) is -2.28. The molecular weight excluding hydrogens is 431 g/mol. The van der Waals surface area contributed by atoms with E-state index in [4.69, 9.17) is 4.74 Å². The molecule has 2 aromatic rings. The fourth-order valence-corrected chi connectivity index (χ4v) is 5.58. The number of ether oxygens (including phenoxy) is 1. The van der Waals surface area contributed by atoms with Crippen molar-refractivity contribution < 1.29 is 22.3 Å². The molecular formula is C24H31FN2O4S. The Bertz CT molecular complexity index is 1050. The predicted octanol–water partition coefficient (Wildman–Crippen LogP) is 4.24. The Hall–Kier alpha value is -2.45. The number of amides is 1. The van der Waals surface area contributed by atoms with Crippen molar-refractivity contribution in [2.75, 3.05) is 20.2 Å². The molecule has 1 aliphatic heterocycles. The number of nitrogens with one attached hydrogen (secondary N) is 1. The zero-order chi connectivity index (χ0) is 23.5. The summed E-state index contributed by atoms with van der Waals surface area (Å²) in [5.41, 5.74) is 1.74. The molecule has 1 heterocycles. The molecule has 1 fully saturated rings. The summed E-state index contributed by atoms with van der Waals surface area (Å²) in [4.78, 5) is 12.9. The fourth-order valence-electron chi connectivity index (χ4n) is 3.92. The van der Waals surface area contributed by atoms with E-state index >= 15 is 0 Å². The van der Waals surface area contributed by atoms with E-state index in [1.807, 2.05) is 26.8 Å². The Morgan fingerprint density at radius 2 is 1.66 bits per heavy atom. The number of hydrogen-bond donors (Lipinski definition) is 1. The van der Waals surface area contributed by atoms with Crippen LogP contribution in [0.25, 0.3) is 0 Å². The van der Waals surface area contributed by atoms with Gasteiger partial charge in [0.15, 0.2) is 0 Å². The molecule has 174 valence electrons. The van der Waals surface area contributed by atoms with E-state index in [0.717, 1.165) is 11.1 Å². The van der Waals surface area contributed by atoms with Crippen LogP contribution in [0.1, 0.15) is 56.7 Å². The minimum absolute atomic E-state index is 0.113. The van der Waals surface area contributed by atoms with Crippen LogP contribution in [0.2, 0.25) is 0 Å². The molecule has 0 aliphatic carbocycles. The second kappa shape index (κ2) is 10.0. The average molecular weight is 463 g/mol. The number of rotatable bonds is 7. The Balaban J connectivity index is 1.66. The number of hydrogen-bond acceptors (Lipinski definition) is 4. The number of methoxy groups -OCH3 is 1. The van der Waals surface area contributed by atoms with Crippen LogP contribution < -0.4 is 10.1 Å². The molecule has 1 N–H and O–H groups in total. The van der Waals surface area contributed by atoms with Gasteiger partial charge in [-0.3, -0.25) is 4.79 Å². The third-order valence-electron chi connectivity index (χ3n) is 6.03. The first-order valence-corrected chi connectivity index (χ1v) is 12.3. The zero-order valence-corrected chi connectivity index (χ0v) is 19.8. The third-order valence-corrected chi connectivity index (χ3v) is 7.95. The molecule has 0 saturated carbocycles. The van der Waals surface area contributed by atoms with E-state index in [0.29, 0.717) is 18.6 Å². The normalized spacial score (nSPS) is 16.7. The molecule has 2 aromatic carbocycles. The summed E-state index contributed by atoms with van der Waals surface area (Å²) in [5, 5.41) is 2.96. The van der Waals surface area contributed by atoms with Crippen LogP contribution in [0.4, 0.5) is 4.39 Å². The number of halogens is 1. The van der Waals surface area contributed by atoms with Crippen molar-refractivity contribution in [2.24, 2.45) is 5.92 Å². The molecule has 3 rings (SSSR count). The second-order valence-electron chi connectivity index (χ2n) is 8.53. The van der Waals surface area contributed by atoms with Crippen LogP contribution in [-0.2, 0) is 14.8 Å². The summed E-state index contributed by atoms with van der Waals surface area (Å²) >= 11 is 0. The third kappa shape index (κ3) is 5.30. The fraction of sp³-hybridized carbons (Fsp3) is 0.458. The molecule has 1 amide bonds. The molecule has 1 saturated heterocycles. The van der Waals surface area contributed by atoms with Crippen LogP contribution in [0.5, 0.6) is 5.75 Å². The smallest absolute Gasteiger partial charge is 0.246 e. The Morgan fingerprint density at radius 3 is 2.22 bits per heavy atom. The van der Waals surface area contributed by atoms with Crippen molar-refractivity contribution in [3.05, 3.63) is 59.4 Å². The first kappa shape index (κ1) is 24.2. The van der Waals surface area contributed by atoms with Gasteiger partial charge in [0.2, 0.25) is 15.9 Å². The average Bonchev–Trinajstić information content (AvgIpc) is 2.79.